The number of aromatic hydroxyl groups is 2. The number of Topliss-reactive ketones (excluding diaryl/α,β-unsaturated/α-hetero) is 1. The maximum absolute atomic E-state index is 12.1. The Morgan fingerprint density at radius 2 is 0.946 bits per heavy atom. The minimum Gasteiger partial charge on any atom is -0.727 e. The first-order valence-electron chi connectivity index (χ1n) is 29.1. The first-order chi connectivity index (χ1) is 44.4. The molecule has 20 heteroatoms. The van der Waals surface area contributed by atoms with E-state index in [4.69, 9.17) is 59.0 Å². The van der Waals surface area contributed by atoms with Crippen molar-refractivity contribution < 1.29 is 93.2 Å². The van der Waals surface area contributed by atoms with Gasteiger partial charge >= 0.3 is 48.9 Å². The molecule has 3 heterocycles. The van der Waals surface area contributed by atoms with Gasteiger partial charge < -0.3 is 76.6 Å². The van der Waals surface area contributed by atoms with E-state index < -0.39 is 0 Å². The summed E-state index contributed by atoms with van der Waals surface area (Å²) in [5.41, 5.74) is 5.72. The third-order valence-electron chi connectivity index (χ3n) is 13.0. The van der Waals surface area contributed by atoms with Gasteiger partial charge in [0.15, 0.2) is 52.9 Å². The number of rotatable bonds is 17. The number of aldehydes is 2. The number of benzene rings is 7. The molecule has 0 bridgehead atoms. The van der Waals surface area contributed by atoms with Crippen molar-refractivity contribution in [1.82, 2.24) is 0 Å². The Kier molecular flexibility index (Phi) is 45.1. The first kappa shape index (κ1) is 83.0. The average molecular weight is 1400 g/mol. The van der Waals surface area contributed by atoms with Crippen LogP contribution in [0.4, 0.5) is 0 Å². The van der Waals surface area contributed by atoms with Gasteiger partial charge in [-0.1, -0.05) is 115 Å². The number of carbonyl (C=O) groups is 5. The summed E-state index contributed by atoms with van der Waals surface area (Å²) in [6.07, 6.45) is 19.8. The van der Waals surface area contributed by atoms with Crippen LogP contribution in [0.3, 0.4) is 0 Å². The summed E-state index contributed by atoms with van der Waals surface area (Å²) in [6, 6.07) is 47.3. The summed E-state index contributed by atoms with van der Waals surface area (Å²) in [5, 5.41) is 56.4. The minimum atomic E-state index is -0.256. The number of hydrogen-bond acceptors (Lipinski definition) is 19. The number of ether oxygens (including phenoxy) is 7. The number of carbonyl (C=O) groups excluding carboxylic acids is 5. The molecule has 2 saturated heterocycles. The largest absolute Gasteiger partial charge is 2.00 e. The standard InChI is InChI=1S/C21H22O4.C16H14O3.C13H16O4.C8H8O3.C8H8O.C5H8O.CH4O.CH3.Ba.H2O2/c1-23-20-15-16(10-12-18(22)17-7-3-2-4-8-17)11-13-19(20)25-21-9-5-6-14-24-21;1-19-16-11-12(8-10-15(16)18)7-9-14(17)13-5-3-2-4-6-13;14-8-10-4-5-12(11(7-10)9-15)17-13-3-1-2-6-16-13;9-4-6-1-2-8(11)7(3-6)5-10;1-7(9)8-5-3-2-4-6-8;1-2-4-6-5-3-1;1-2;;;1-2/h2-4,7-8,10-13,15,21H,5-6,9,14H2,1H3;2-11,18H,1H3;4-5,7-8,13,15H,1-3,6,9H2;1-4,10-11H,5H2;2-6H,1H3;2,4H,1,3,5H2;2H,1H3;1H3;;1-2H/q;;;;;;;-1;+2;/p-1/b12-10+;9-7+;;;;;;;;. The van der Waals surface area contributed by atoms with E-state index in [1.54, 1.807) is 93.1 Å². The normalized spacial score (nSPS) is 13.9. The number of methoxy groups -OCH3 is 2. The minimum absolute atomic E-state index is 0. The molecule has 7 aromatic rings. The molecule has 0 amide bonds. The molecule has 6 N–H and O–H groups in total. The van der Waals surface area contributed by atoms with Gasteiger partial charge in [0.25, 0.3) is 0 Å². The molecule has 3 aliphatic heterocycles. The van der Waals surface area contributed by atoms with Gasteiger partial charge in [0, 0.05) is 58.9 Å². The third kappa shape index (κ3) is 32.4. The third-order valence-corrected chi connectivity index (χ3v) is 13.0. The number of aliphatic hydroxyl groups is 3. The molecule has 19 nitrogen and oxygen atoms in total. The molecule has 3 aliphatic rings. The molecule has 0 aromatic heterocycles. The van der Waals surface area contributed by atoms with Crippen molar-refractivity contribution in [2.24, 2.45) is 0 Å². The van der Waals surface area contributed by atoms with Gasteiger partial charge in [0.2, 0.25) is 0 Å². The van der Waals surface area contributed by atoms with Crippen LogP contribution in [-0.2, 0) is 27.4 Å². The van der Waals surface area contributed by atoms with E-state index in [0.717, 1.165) is 81.8 Å². The molecule has 0 saturated carbocycles. The van der Waals surface area contributed by atoms with Crippen molar-refractivity contribution in [1.29, 1.82) is 0 Å². The molecular weight excluding hydrogens is 1320 g/mol. The first-order valence-corrected chi connectivity index (χ1v) is 29.1. The molecule has 10 rings (SSSR count). The molecule has 0 radical (unpaired) electrons. The van der Waals surface area contributed by atoms with Crippen LogP contribution in [0.15, 0.2) is 188 Å². The number of hydrogen-bond donors (Lipinski definition) is 6. The SMILES string of the molecule is C1=COCCC1.CC(=O)c1ccccc1.CO.COc1cc(/C=C/C(=O)c2ccccc2)ccc1O.COc1cc(/C=C/C(=O)c2ccccc2)ccc1OC1CCCCO1.O=Cc1ccc(O)c(CO)c1.O=Cc1ccc(OC2CCCCO2)c(CO)c1.[Ba+2].[CH3-].[O-]O. The van der Waals surface area contributed by atoms with Gasteiger partial charge in [-0.05, 0) is 135 Å². The summed E-state index contributed by atoms with van der Waals surface area (Å²) in [5.74, 6) is 2.37. The maximum Gasteiger partial charge on any atom is 2.00 e. The molecule has 7 aromatic carbocycles. The molecule has 2 atom stereocenters. The number of aliphatic hydroxyl groups excluding tert-OH is 3. The Bertz CT molecular complexity index is 3300. The number of phenols is 2. The van der Waals surface area contributed by atoms with Gasteiger partial charge in [-0.15, -0.1) is 0 Å². The zero-order valence-electron chi connectivity index (χ0n) is 53.3. The quantitative estimate of drug-likeness (QED) is 0.00939. The Hall–Kier alpha value is -8.00. The fourth-order valence-corrected chi connectivity index (χ4v) is 8.19. The number of ketones is 3. The smallest absolute Gasteiger partial charge is 0.727 e. The van der Waals surface area contributed by atoms with E-state index in [0.29, 0.717) is 69.3 Å². The van der Waals surface area contributed by atoms with Crippen LogP contribution >= 0.6 is 0 Å². The fraction of sp³-hybridized carbons (Fsp3) is 0.260. The average Bonchev–Trinajstić information content (AvgIpc) is 1.50. The monoisotopic (exact) mass is 1400 g/mol. The van der Waals surface area contributed by atoms with Crippen molar-refractivity contribution in [2.75, 3.05) is 41.2 Å². The summed E-state index contributed by atoms with van der Waals surface area (Å²) >= 11 is 0. The second-order valence-corrected chi connectivity index (χ2v) is 19.4. The van der Waals surface area contributed by atoms with E-state index in [2.05, 4.69) is 0 Å². The Labute approximate surface area is 585 Å². The predicted octanol–water partition coefficient (Wildman–Crippen LogP) is 12.1. The molecular formula is C73H84BaO19. The van der Waals surface area contributed by atoms with Crippen LogP contribution in [0.2, 0.25) is 0 Å². The van der Waals surface area contributed by atoms with Crippen LogP contribution in [0.5, 0.6) is 34.5 Å². The van der Waals surface area contributed by atoms with E-state index in [1.165, 1.54) is 50.3 Å². The van der Waals surface area contributed by atoms with Crippen molar-refractivity contribution in [3.05, 3.63) is 246 Å². The van der Waals surface area contributed by atoms with Crippen molar-refractivity contribution in [3.63, 3.8) is 0 Å². The second-order valence-electron chi connectivity index (χ2n) is 19.4. The molecule has 0 spiro atoms. The van der Waals surface area contributed by atoms with Crippen LogP contribution in [-0.4, -0.2) is 163 Å². The predicted molar refractivity (Wildman–Crippen MR) is 357 cm³/mol. The molecule has 2 unspecified atom stereocenters. The topological polar surface area (TPSA) is 294 Å². The van der Waals surface area contributed by atoms with Crippen molar-refractivity contribution in [2.45, 2.75) is 84.1 Å². The van der Waals surface area contributed by atoms with Crippen LogP contribution in [0, 0.1) is 7.43 Å². The van der Waals surface area contributed by atoms with Gasteiger partial charge in [-0.2, -0.15) is 0 Å². The summed E-state index contributed by atoms with van der Waals surface area (Å²) in [7, 11) is 4.09. The van der Waals surface area contributed by atoms with E-state index in [1.807, 2.05) is 91.0 Å². The van der Waals surface area contributed by atoms with Crippen LogP contribution in [0.1, 0.15) is 132 Å². The zero-order valence-corrected chi connectivity index (χ0v) is 57.7. The summed E-state index contributed by atoms with van der Waals surface area (Å²) in [6.45, 7) is 3.52. The van der Waals surface area contributed by atoms with Gasteiger partial charge in [-0.3, -0.25) is 24.0 Å². The number of phenolic OH excluding ortho intramolecular Hbond substituents is 1. The Morgan fingerprint density at radius 3 is 1.34 bits per heavy atom. The molecule has 2 fully saturated rings. The van der Waals surface area contributed by atoms with Crippen molar-refractivity contribution >= 4 is 91.0 Å². The fourth-order valence-electron chi connectivity index (χ4n) is 8.19. The zero-order chi connectivity index (χ0) is 66.4. The molecule has 0 aliphatic carbocycles. The van der Waals surface area contributed by atoms with Crippen LogP contribution in [0.25, 0.3) is 12.2 Å². The second kappa shape index (κ2) is 50.5. The van der Waals surface area contributed by atoms with Gasteiger partial charge in [0.05, 0.1) is 53.5 Å². The maximum atomic E-state index is 12.1. The van der Waals surface area contributed by atoms with Crippen molar-refractivity contribution in [3.8, 4) is 34.5 Å². The summed E-state index contributed by atoms with van der Waals surface area (Å²) < 4.78 is 38.0. The molecule has 93 heavy (non-hydrogen) atoms. The van der Waals surface area contributed by atoms with E-state index in [-0.39, 0.29) is 111 Å². The van der Waals surface area contributed by atoms with Crippen LogP contribution < -0.4 is 24.2 Å². The van der Waals surface area contributed by atoms with Gasteiger partial charge in [0.1, 0.15) is 24.1 Å². The number of allylic oxidation sites excluding steroid dienone is 3. The molecule has 492 valence electrons. The van der Waals surface area contributed by atoms with E-state index in [9.17, 15) is 34.2 Å². The Balaban J connectivity index is 0.000000575. The summed E-state index contributed by atoms with van der Waals surface area (Å²) in [4.78, 5) is 55.5. The van der Waals surface area contributed by atoms with Gasteiger partial charge in [-0.25, -0.2) is 0 Å². The Morgan fingerprint density at radius 1 is 0.516 bits per heavy atom. The van der Waals surface area contributed by atoms with E-state index >= 15 is 0 Å².